The fourth-order valence-corrected chi connectivity index (χ4v) is 2.38. The third kappa shape index (κ3) is 3.87. The van der Waals surface area contributed by atoms with Crippen LogP contribution in [0.2, 0.25) is 0 Å². The average Bonchev–Trinajstić information content (AvgIpc) is 2.30. The number of nitrogens with zero attached hydrogens (tertiary/aromatic N) is 3. The molecule has 0 aromatic carbocycles. The molecule has 0 aliphatic heterocycles. The van der Waals surface area contributed by atoms with E-state index >= 15 is 0 Å². The van der Waals surface area contributed by atoms with Gasteiger partial charge in [0.05, 0.1) is 11.8 Å². The second kappa shape index (κ2) is 5.63. The molecule has 6 nitrogen and oxygen atoms in total. The highest BCUT2D eigenvalue weighted by molar-refractivity contribution is 6.14. The van der Waals surface area contributed by atoms with Crippen molar-refractivity contribution in [3.8, 4) is 0 Å². The largest absolute Gasteiger partial charge is 0.511 e. The Balaban J connectivity index is 2.12. The van der Waals surface area contributed by atoms with Gasteiger partial charge >= 0.3 is 0 Å². The number of allylic oxidation sites excluding steroid dienone is 2. The van der Waals surface area contributed by atoms with Crippen molar-refractivity contribution in [3.05, 3.63) is 28.8 Å². The van der Waals surface area contributed by atoms with E-state index in [0.717, 1.165) is 11.4 Å². The second-order valence-electron chi connectivity index (χ2n) is 6.15. The maximum absolute atomic E-state index is 12.0. The SMILES string of the molecule is Cc1cc(C)nc(N/N=C/C2=C(O)CC(C)(C)CC2=O)n1. The Morgan fingerprint density at radius 1 is 1.29 bits per heavy atom. The fraction of sp³-hybridized carbons (Fsp3) is 0.467. The lowest BCUT2D eigenvalue weighted by Gasteiger charge is -2.28. The first-order chi connectivity index (χ1) is 9.77. The number of aliphatic hydroxyl groups is 1. The van der Waals surface area contributed by atoms with Gasteiger partial charge in [-0.3, -0.25) is 4.79 Å². The van der Waals surface area contributed by atoms with E-state index < -0.39 is 0 Å². The van der Waals surface area contributed by atoms with E-state index in [-0.39, 0.29) is 22.5 Å². The molecule has 1 aromatic rings. The van der Waals surface area contributed by atoms with Crippen LogP contribution in [0.4, 0.5) is 5.95 Å². The molecule has 1 aliphatic carbocycles. The monoisotopic (exact) mass is 288 g/mol. The molecule has 0 saturated carbocycles. The summed E-state index contributed by atoms with van der Waals surface area (Å²) in [5, 5.41) is 13.9. The normalized spacial score (nSPS) is 18.4. The molecule has 2 rings (SSSR count). The number of hydrogen-bond donors (Lipinski definition) is 2. The summed E-state index contributed by atoms with van der Waals surface area (Å²) in [7, 11) is 0. The number of carbonyl (C=O) groups is 1. The Labute approximate surface area is 124 Å². The van der Waals surface area contributed by atoms with Crippen LogP contribution in [0, 0.1) is 19.3 Å². The van der Waals surface area contributed by atoms with Gasteiger partial charge in [0.2, 0.25) is 5.95 Å². The van der Waals surface area contributed by atoms with E-state index in [9.17, 15) is 9.90 Å². The topological polar surface area (TPSA) is 87.5 Å². The zero-order valence-electron chi connectivity index (χ0n) is 12.8. The molecular formula is C15H20N4O2. The van der Waals surface area contributed by atoms with E-state index in [2.05, 4.69) is 20.5 Å². The third-order valence-corrected chi connectivity index (χ3v) is 3.24. The number of carbonyl (C=O) groups excluding carboxylic acids is 1. The van der Waals surface area contributed by atoms with Crippen LogP contribution < -0.4 is 5.43 Å². The first-order valence-corrected chi connectivity index (χ1v) is 6.83. The zero-order valence-corrected chi connectivity index (χ0v) is 12.8. The molecule has 1 heterocycles. The average molecular weight is 288 g/mol. The number of nitrogens with one attached hydrogen (secondary N) is 1. The second-order valence-corrected chi connectivity index (χ2v) is 6.15. The molecule has 21 heavy (non-hydrogen) atoms. The van der Waals surface area contributed by atoms with E-state index in [4.69, 9.17) is 0 Å². The minimum Gasteiger partial charge on any atom is -0.511 e. The minimum absolute atomic E-state index is 0.0862. The van der Waals surface area contributed by atoms with Gasteiger partial charge in [-0.05, 0) is 25.3 Å². The van der Waals surface area contributed by atoms with Crippen LogP contribution in [0.3, 0.4) is 0 Å². The Morgan fingerprint density at radius 2 is 1.90 bits per heavy atom. The molecule has 0 saturated heterocycles. The summed E-state index contributed by atoms with van der Waals surface area (Å²) in [4.78, 5) is 20.4. The Bertz CT molecular complexity index is 612. The molecular weight excluding hydrogens is 268 g/mol. The maximum Gasteiger partial charge on any atom is 0.243 e. The Hall–Kier alpha value is -2.24. The fourth-order valence-electron chi connectivity index (χ4n) is 2.38. The number of ketones is 1. The van der Waals surface area contributed by atoms with Gasteiger partial charge in [0, 0.05) is 24.2 Å². The van der Waals surface area contributed by atoms with Gasteiger partial charge in [0.25, 0.3) is 0 Å². The van der Waals surface area contributed by atoms with Crippen molar-refractivity contribution in [2.45, 2.75) is 40.5 Å². The summed E-state index contributed by atoms with van der Waals surface area (Å²) in [6, 6.07) is 1.86. The predicted octanol–water partition coefficient (Wildman–Crippen LogP) is 2.69. The van der Waals surface area contributed by atoms with Gasteiger partial charge in [-0.2, -0.15) is 5.10 Å². The van der Waals surface area contributed by atoms with Crippen molar-refractivity contribution in [3.63, 3.8) is 0 Å². The molecule has 0 atom stereocenters. The zero-order chi connectivity index (χ0) is 15.6. The number of Topliss-reactive ketones (excluding diaryl/α,β-unsaturated/α-hetero) is 1. The maximum atomic E-state index is 12.0. The van der Waals surface area contributed by atoms with E-state index in [0.29, 0.717) is 18.8 Å². The summed E-state index contributed by atoms with van der Waals surface area (Å²) in [5.41, 5.74) is 4.40. The summed E-state index contributed by atoms with van der Waals surface area (Å²) >= 11 is 0. The lowest BCUT2D eigenvalue weighted by atomic mass is 9.77. The van der Waals surface area contributed by atoms with Crippen LogP contribution in [-0.2, 0) is 4.79 Å². The van der Waals surface area contributed by atoms with Crippen LogP contribution in [0.15, 0.2) is 22.5 Å². The predicted molar refractivity (Wildman–Crippen MR) is 81.3 cm³/mol. The standard InChI is InChI=1S/C15H20N4O2/c1-9-5-10(2)18-14(17-9)19-16-8-11-12(20)6-15(3,4)7-13(11)21/h5,8,20H,6-7H2,1-4H3,(H,17,18,19)/b16-8+. The van der Waals surface area contributed by atoms with Gasteiger partial charge in [-0.25, -0.2) is 15.4 Å². The number of aryl methyl sites for hydroxylation is 2. The highest BCUT2D eigenvalue weighted by Gasteiger charge is 2.32. The number of aliphatic hydroxyl groups excluding tert-OH is 1. The summed E-state index contributed by atoms with van der Waals surface area (Å²) in [6.07, 6.45) is 2.21. The lowest BCUT2D eigenvalue weighted by Crippen LogP contribution is -2.26. The van der Waals surface area contributed by atoms with Gasteiger partial charge in [-0.15, -0.1) is 0 Å². The van der Waals surface area contributed by atoms with Crippen LogP contribution in [0.1, 0.15) is 38.1 Å². The Morgan fingerprint density at radius 3 is 2.48 bits per heavy atom. The first-order valence-electron chi connectivity index (χ1n) is 6.83. The van der Waals surface area contributed by atoms with Gasteiger partial charge in [-0.1, -0.05) is 13.8 Å². The molecule has 0 spiro atoms. The highest BCUT2D eigenvalue weighted by Crippen LogP contribution is 2.35. The molecule has 0 amide bonds. The van der Waals surface area contributed by atoms with Gasteiger partial charge in [0.1, 0.15) is 5.76 Å². The molecule has 0 bridgehead atoms. The van der Waals surface area contributed by atoms with Gasteiger partial charge in [0.15, 0.2) is 5.78 Å². The molecule has 0 unspecified atom stereocenters. The summed E-state index contributed by atoms with van der Waals surface area (Å²) in [5.74, 6) is 0.353. The van der Waals surface area contributed by atoms with Crippen LogP contribution in [0.5, 0.6) is 0 Å². The number of rotatable bonds is 3. The van der Waals surface area contributed by atoms with Crippen molar-refractivity contribution in [2.24, 2.45) is 10.5 Å². The number of anilines is 1. The minimum atomic E-state index is -0.206. The Kier molecular flexibility index (Phi) is 4.06. The number of aromatic nitrogens is 2. The van der Waals surface area contributed by atoms with Crippen LogP contribution >= 0.6 is 0 Å². The van der Waals surface area contributed by atoms with Crippen molar-refractivity contribution in [2.75, 3.05) is 5.43 Å². The molecule has 1 aromatic heterocycles. The number of hydrogen-bond acceptors (Lipinski definition) is 6. The quantitative estimate of drug-likeness (QED) is 0.659. The van der Waals surface area contributed by atoms with Gasteiger partial charge < -0.3 is 5.11 Å². The molecule has 1 aliphatic rings. The van der Waals surface area contributed by atoms with Crippen LogP contribution in [-0.4, -0.2) is 27.1 Å². The molecule has 6 heteroatoms. The van der Waals surface area contributed by atoms with Crippen molar-refractivity contribution in [1.29, 1.82) is 0 Å². The summed E-state index contributed by atoms with van der Waals surface area (Å²) < 4.78 is 0. The number of hydrazone groups is 1. The molecule has 0 fully saturated rings. The van der Waals surface area contributed by atoms with Crippen LogP contribution in [0.25, 0.3) is 0 Å². The van der Waals surface area contributed by atoms with Crippen molar-refractivity contribution >= 4 is 17.9 Å². The highest BCUT2D eigenvalue weighted by atomic mass is 16.3. The smallest absolute Gasteiger partial charge is 0.243 e. The third-order valence-electron chi connectivity index (χ3n) is 3.24. The van der Waals surface area contributed by atoms with E-state index in [1.807, 2.05) is 33.8 Å². The molecule has 112 valence electrons. The van der Waals surface area contributed by atoms with E-state index in [1.165, 1.54) is 6.21 Å². The molecule has 0 radical (unpaired) electrons. The molecule has 2 N–H and O–H groups in total. The van der Waals surface area contributed by atoms with Crippen molar-refractivity contribution < 1.29 is 9.90 Å². The lowest BCUT2D eigenvalue weighted by molar-refractivity contribution is -0.117. The van der Waals surface area contributed by atoms with Crippen molar-refractivity contribution in [1.82, 2.24) is 9.97 Å². The first kappa shape index (κ1) is 15.2. The summed E-state index contributed by atoms with van der Waals surface area (Å²) in [6.45, 7) is 7.64. The van der Waals surface area contributed by atoms with E-state index in [1.54, 1.807) is 0 Å².